The molecular formula is C29H34N10O5S. The molecule has 0 unspecified atom stereocenters. The molecule has 236 valence electrons. The second-order valence-corrected chi connectivity index (χ2v) is 12.8. The van der Waals surface area contributed by atoms with Crippen molar-refractivity contribution < 1.29 is 17.9 Å². The van der Waals surface area contributed by atoms with Crippen molar-refractivity contribution in [2.75, 3.05) is 26.3 Å². The van der Waals surface area contributed by atoms with Crippen LogP contribution < -0.4 is 15.0 Å². The third kappa shape index (κ3) is 5.90. The highest BCUT2D eigenvalue weighted by atomic mass is 32.2. The summed E-state index contributed by atoms with van der Waals surface area (Å²) in [6.45, 7) is 9.07. The monoisotopic (exact) mass is 634 g/mol. The first-order valence-electron chi connectivity index (χ1n) is 14.8. The van der Waals surface area contributed by atoms with Gasteiger partial charge in [0.1, 0.15) is 34.2 Å². The van der Waals surface area contributed by atoms with E-state index in [1.807, 2.05) is 19.9 Å². The molecule has 1 saturated heterocycles. The minimum absolute atomic E-state index is 0.00237. The van der Waals surface area contributed by atoms with Crippen molar-refractivity contribution in [1.29, 1.82) is 0 Å². The summed E-state index contributed by atoms with van der Waals surface area (Å²) in [6, 6.07) is 9.22. The van der Waals surface area contributed by atoms with Gasteiger partial charge in [0.15, 0.2) is 11.2 Å². The number of piperidine rings is 1. The van der Waals surface area contributed by atoms with Crippen LogP contribution in [0.25, 0.3) is 16.9 Å². The Bertz CT molecular complexity index is 2000. The van der Waals surface area contributed by atoms with Crippen molar-refractivity contribution >= 4 is 21.2 Å². The largest absolute Gasteiger partial charge is 0.492 e. The average Bonchev–Trinajstić information content (AvgIpc) is 3.71. The molecule has 0 saturated carbocycles. The van der Waals surface area contributed by atoms with E-state index in [4.69, 9.17) is 14.5 Å². The maximum atomic E-state index is 14.0. The SMILES string of the molecule is CCOc1cc(S(=O)(=O)N2CCC(c3nc4c(nnn4Cc4cc(C)ccc4C)c(=O)[nH]3)CC2)c(OCC)cc1-n1cnnn1. The predicted molar refractivity (Wildman–Crippen MR) is 163 cm³/mol. The maximum absolute atomic E-state index is 14.0. The fourth-order valence-corrected chi connectivity index (χ4v) is 7.14. The number of tetrazole rings is 1. The number of aryl methyl sites for hydroxylation is 2. The molecule has 4 heterocycles. The van der Waals surface area contributed by atoms with E-state index < -0.39 is 10.0 Å². The van der Waals surface area contributed by atoms with Gasteiger partial charge in [-0.15, -0.1) is 10.2 Å². The minimum Gasteiger partial charge on any atom is -0.492 e. The Morgan fingerprint density at radius 1 is 1.00 bits per heavy atom. The second-order valence-electron chi connectivity index (χ2n) is 10.9. The van der Waals surface area contributed by atoms with Crippen LogP contribution in [0.2, 0.25) is 0 Å². The standard InChI is InChI=1S/C29H34N10O5S/c1-5-43-23-15-25(24(44-6-2)14-22(23)39-17-30-34-36-39)45(41,42)37-11-9-20(10-12-37)27-31-28-26(29(40)32-27)33-35-38(28)16-21-13-18(3)7-8-19(21)4/h7-8,13-15,17,20H,5-6,9-12,16H2,1-4H3,(H,31,32,40). The van der Waals surface area contributed by atoms with Gasteiger partial charge in [-0.2, -0.15) is 8.99 Å². The highest BCUT2D eigenvalue weighted by Crippen LogP contribution is 2.38. The molecule has 15 nitrogen and oxygen atoms in total. The Kier molecular flexibility index (Phi) is 8.33. The summed E-state index contributed by atoms with van der Waals surface area (Å²) >= 11 is 0. The first-order valence-corrected chi connectivity index (χ1v) is 16.2. The first-order chi connectivity index (χ1) is 21.7. The van der Waals surface area contributed by atoms with Crippen molar-refractivity contribution in [1.82, 2.24) is 49.5 Å². The summed E-state index contributed by atoms with van der Waals surface area (Å²) in [6.07, 6.45) is 2.31. The Hall–Kier alpha value is -4.70. The van der Waals surface area contributed by atoms with Crippen LogP contribution in [0.3, 0.4) is 0 Å². The number of aromatic nitrogens is 9. The number of hydrogen-bond donors (Lipinski definition) is 1. The molecule has 1 fully saturated rings. The summed E-state index contributed by atoms with van der Waals surface area (Å²) in [5.74, 6) is 0.816. The topological polar surface area (TPSA) is 176 Å². The molecule has 6 rings (SSSR count). The van der Waals surface area contributed by atoms with Gasteiger partial charge in [0.25, 0.3) is 5.56 Å². The van der Waals surface area contributed by atoms with Gasteiger partial charge in [-0.1, -0.05) is 29.0 Å². The number of H-pyrrole nitrogens is 1. The van der Waals surface area contributed by atoms with Gasteiger partial charge in [-0.05, 0) is 62.1 Å². The van der Waals surface area contributed by atoms with E-state index >= 15 is 0 Å². The lowest BCUT2D eigenvalue weighted by atomic mass is 9.97. The summed E-state index contributed by atoms with van der Waals surface area (Å²) in [5, 5.41) is 19.6. The predicted octanol–water partition coefficient (Wildman–Crippen LogP) is 2.52. The van der Waals surface area contributed by atoms with Crippen molar-refractivity contribution in [3.8, 4) is 17.2 Å². The van der Waals surface area contributed by atoms with Crippen LogP contribution in [0.1, 0.15) is 55.1 Å². The number of fused-ring (bicyclic) bond motifs is 1. The number of rotatable bonds is 10. The molecule has 0 aliphatic carbocycles. The fourth-order valence-electron chi connectivity index (χ4n) is 5.55. The van der Waals surface area contributed by atoms with Crippen LogP contribution in [0, 0.1) is 13.8 Å². The van der Waals surface area contributed by atoms with Crippen molar-refractivity contribution in [2.45, 2.75) is 57.9 Å². The Morgan fingerprint density at radius 3 is 2.47 bits per heavy atom. The van der Waals surface area contributed by atoms with Gasteiger partial charge >= 0.3 is 0 Å². The van der Waals surface area contributed by atoms with Gasteiger partial charge in [0.05, 0.1) is 19.8 Å². The Balaban J connectivity index is 1.26. The highest BCUT2D eigenvalue weighted by molar-refractivity contribution is 7.89. The lowest BCUT2D eigenvalue weighted by molar-refractivity contribution is 0.304. The molecule has 0 spiro atoms. The minimum atomic E-state index is -3.98. The van der Waals surface area contributed by atoms with E-state index in [9.17, 15) is 13.2 Å². The Morgan fingerprint density at radius 2 is 1.76 bits per heavy atom. The molecule has 5 aromatic rings. The molecule has 16 heteroatoms. The molecule has 2 aromatic carbocycles. The Labute approximate surface area is 259 Å². The van der Waals surface area contributed by atoms with Crippen LogP contribution in [0.4, 0.5) is 0 Å². The van der Waals surface area contributed by atoms with Crippen molar-refractivity contribution in [3.05, 3.63) is 69.5 Å². The van der Waals surface area contributed by atoms with E-state index in [2.05, 4.69) is 43.0 Å². The summed E-state index contributed by atoms with van der Waals surface area (Å²) in [7, 11) is -3.98. The number of nitrogens with zero attached hydrogens (tertiary/aromatic N) is 9. The first kappa shape index (κ1) is 30.3. The third-order valence-electron chi connectivity index (χ3n) is 7.90. The molecule has 0 radical (unpaired) electrons. The number of nitrogens with one attached hydrogen (secondary N) is 1. The zero-order valence-corrected chi connectivity index (χ0v) is 26.3. The van der Waals surface area contributed by atoms with Crippen LogP contribution >= 0.6 is 0 Å². The fraction of sp³-hybridized carbons (Fsp3) is 0.414. The molecular weight excluding hydrogens is 600 g/mol. The highest BCUT2D eigenvalue weighted by Gasteiger charge is 2.34. The van der Waals surface area contributed by atoms with Crippen LogP contribution in [-0.2, 0) is 16.6 Å². The van der Waals surface area contributed by atoms with E-state index in [0.29, 0.717) is 48.9 Å². The van der Waals surface area contributed by atoms with Crippen LogP contribution in [0.5, 0.6) is 11.5 Å². The lowest BCUT2D eigenvalue weighted by Crippen LogP contribution is -2.38. The van der Waals surface area contributed by atoms with Crippen molar-refractivity contribution in [3.63, 3.8) is 0 Å². The smallest absolute Gasteiger partial charge is 0.281 e. The summed E-state index contributed by atoms with van der Waals surface area (Å²) < 4.78 is 44.0. The van der Waals surface area contributed by atoms with Gasteiger partial charge in [0, 0.05) is 31.1 Å². The van der Waals surface area contributed by atoms with Gasteiger partial charge < -0.3 is 14.5 Å². The van der Waals surface area contributed by atoms with E-state index in [1.165, 1.54) is 21.4 Å². The average molecular weight is 635 g/mol. The molecule has 1 N–H and O–H groups in total. The summed E-state index contributed by atoms with van der Waals surface area (Å²) in [4.78, 5) is 20.6. The lowest BCUT2D eigenvalue weighted by Gasteiger charge is -2.31. The molecule has 3 aromatic heterocycles. The number of aromatic amines is 1. The van der Waals surface area contributed by atoms with E-state index in [-0.39, 0.29) is 47.3 Å². The zero-order chi connectivity index (χ0) is 31.7. The van der Waals surface area contributed by atoms with Gasteiger partial charge in [-0.3, -0.25) is 4.79 Å². The summed E-state index contributed by atoms with van der Waals surface area (Å²) in [5.41, 5.74) is 3.95. The number of sulfonamides is 1. The molecule has 1 aliphatic rings. The molecule has 0 amide bonds. The number of ether oxygens (including phenoxy) is 2. The third-order valence-corrected chi connectivity index (χ3v) is 9.82. The zero-order valence-electron chi connectivity index (χ0n) is 25.5. The van der Waals surface area contributed by atoms with Crippen molar-refractivity contribution in [2.24, 2.45) is 0 Å². The van der Waals surface area contributed by atoms with E-state index in [0.717, 1.165) is 16.7 Å². The van der Waals surface area contributed by atoms with Crippen LogP contribution in [0.15, 0.2) is 46.3 Å². The molecule has 45 heavy (non-hydrogen) atoms. The molecule has 0 bridgehead atoms. The quantitative estimate of drug-likeness (QED) is 0.239. The second kappa shape index (κ2) is 12.4. The number of benzene rings is 2. The van der Waals surface area contributed by atoms with Gasteiger partial charge in [0.2, 0.25) is 10.0 Å². The maximum Gasteiger partial charge on any atom is 0.281 e. The molecule has 1 aliphatic heterocycles. The molecule has 0 atom stereocenters. The van der Waals surface area contributed by atoms with Gasteiger partial charge in [-0.25, -0.2) is 18.1 Å². The van der Waals surface area contributed by atoms with Crippen LogP contribution in [-0.4, -0.2) is 84.2 Å². The normalized spacial score (nSPS) is 14.7. The van der Waals surface area contributed by atoms with E-state index in [1.54, 1.807) is 24.6 Å². The number of hydrogen-bond acceptors (Lipinski definition) is 11.